The Hall–Kier alpha value is -2.29. The normalized spacial score (nSPS) is 13.6. The largest absolute Gasteiger partial charge is 0.352 e. The minimum absolute atomic E-state index is 0.134. The summed E-state index contributed by atoms with van der Waals surface area (Å²) in [6, 6.07) is -0.622. The van der Waals surface area contributed by atoms with Crippen LogP contribution in [0.15, 0.2) is 18.2 Å². The number of carbonyl (C=O) groups is 2. The molecule has 2 amide bonds. The molecule has 0 aromatic carbocycles. The minimum Gasteiger partial charge on any atom is -0.352 e. The Morgan fingerprint density at radius 3 is 2.56 bits per heavy atom. The Morgan fingerprint density at radius 1 is 1.22 bits per heavy atom. The van der Waals surface area contributed by atoms with Gasteiger partial charge in [-0.05, 0) is 25.2 Å². The van der Waals surface area contributed by atoms with E-state index in [0.29, 0.717) is 17.3 Å². The van der Waals surface area contributed by atoms with Gasteiger partial charge >= 0.3 is 0 Å². The molecule has 0 saturated carbocycles. The molecule has 2 aromatic rings. The third-order valence-corrected chi connectivity index (χ3v) is 5.02. The van der Waals surface area contributed by atoms with E-state index >= 15 is 0 Å². The number of amides is 2. The lowest BCUT2D eigenvalue weighted by atomic mass is 10.0. The highest BCUT2D eigenvalue weighted by Gasteiger charge is 2.22. The van der Waals surface area contributed by atoms with E-state index in [9.17, 15) is 9.59 Å². The van der Waals surface area contributed by atoms with Gasteiger partial charge in [-0.2, -0.15) is 5.10 Å². The number of nitrogens with one attached hydrogen (secondary N) is 2. The Balaban J connectivity index is 1.99. The van der Waals surface area contributed by atoms with E-state index in [1.807, 2.05) is 13.8 Å². The van der Waals surface area contributed by atoms with E-state index in [2.05, 4.69) is 39.5 Å². The van der Waals surface area contributed by atoms with Crippen molar-refractivity contribution in [3.05, 3.63) is 28.7 Å². The van der Waals surface area contributed by atoms with Gasteiger partial charge in [-0.3, -0.25) is 9.59 Å². The standard InChI is InChI=1S/C18H28N6O2S/c1-11(2)6-14(7-20-17(25)13(5)24-9-19-8-22-24)23-18(26)16-15(12(3)4)21-10-27-16/h8-14H,6-7H2,1-5H3,(H,20,25)(H,23,26). The van der Waals surface area contributed by atoms with Crippen molar-refractivity contribution >= 4 is 23.2 Å². The first kappa shape index (κ1) is 21.0. The first-order chi connectivity index (χ1) is 12.8. The van der Waals surface area contributed by atoms with Crippen molar-refractivity contribution in [1.29, 1.82) is 0 Å². The number of rotatable bonds is 9. The van der Waals surface area contributed by atoms with Gasteiger partial charge in [0.15, 0.2) is 0 Å². The molecule has 27 heavy (non-hydrogen) atoms. The van der Waals surface area contributed by atoms with Gasteiger partial charge in [0.05, 0.1) is 11.2 Å². The second-order valence-electron chi connectivity index (χ2n) is 7.32. The number of carbonyl (C=O) groups excluding carboxylic acids is 2. The molecule has 0 bridgehead atoms. The fourth-order valence-corrected chi connectivity index (χ4v) is 3.61. The summed E-state index contributed by atoms with van der Waals surface area (Å²) in [5.74, 6) is 0.268. The molecule has 2 rings (SSSR count). The van der Waals surface area contributed by atoms with Crippen LogP contribution in [0.1, 0.15) is 68.4 Å². The molecule has 0 fully saturated rings. The third-order valence-electron chi connectivity index (χ3n) is 4.17. The summed E-state index contributed by atoms with van der Waals surface area (Å²) in [4.78, 5) is 33.9. The van der Waals surface area contributed by atoms with Gasteiger partial charge in [0, 0.05) is 12.6 Å². The number of nitrogens with zero attached hydrogens (tertiary/aromatic N) is 4. The van der Waals surface area contributed by atoms with Crippen molar-refractivity contribution < 1.29 is 9.59 Å². The van der Waals surface area contributed by atoms with Crippen LogP contribution in [0.4, 0.5) is 0 Å². The highest BCUT2D eigenvalue weighted by atomic mass is 32.1. The van der Waals surface area contributed by atoms with Crippen molar-refractivity contribution in [3.8, 4) is 0 Å². The highest BCUT2D eigenvalue weighted by Crippen LogP contribution is 2.21. The van der Waals surface area contributed by atoms with Crippen molar-refractivity contribution in [2.75, 3.05) is 6.54 Å². The second kappa shape index (κ2) is 9.59. The maximum Gasteiger partial charge on any atom is 0.263 e. The molecule has 148 valence electrons. The van der Waals surface area contributed by atoms with Crippen LogP contribution >= 0.6 is 11.3 Å². The fourth-order valence-electron chi connectivity index (χ4n) is 2.76. The predicted octanol–water partition coefficient (Wildman–Crippen LogP) is 2.38. The summed E-state index contributed by atoms with van der Waals surface area (Å²) in [6.45, 7) is 10.3. The summed E-state index contributed by atoms with van der Waals surface area (Å²) in [5, 5.41) is 9.96. The van der Waals surface area contributed by atoms with Crippen LogP contribution in [-0.2, 0) is 4.79 Å². The maximum atomic E-state index is 12.7. The van der Waals surface area contributed by atoms with Gasteiger partial charge in [0.1, 0.15) is 23.6 Å². The van der Waals surface area contributed by atoms with E-state index in [1.54, 1.807) is 12.4 Å². The van der Waals surface area contributed by atoms with Crippen molar-refractivity contribution in [2.45, 2.75) is 59.0 Å². The molecule has 2 N–H and O–H groups in total. The molecule has 0 aliphatic heterocycles. The lowest BCUT2D eigenvalue weighted by Crippen LogP contribution is -2.45. The average Bonchev–Trinajstić information content (AvgIpc) is 3.29. The zero-order valence-electron chi connectivity index (χ0n) is 16.5. The van der Waals surface area contributed by atoms with Crippen LogP contribution in [0.5, 0.6) is 0 Å². The molecule has 0 spiro atoms. The average molecular weight is 393 g/mol. The van der Waals surface area contributed by atoms with Crippen LogP contribution in [0.25, 0.3) is 0 Å². The summed E-state index contributed by atoms with van der Waals surface area (Å²) < 4.78 is 1.50. The summed E-state index contributed by atoms with van der Waals surface area (Å²) >= 11 is 1.35. The van der Waals surface area contributed by atoms with E-state index in [0.717, 1.165) is 12.1 Å². The van der Waals surface area contributed by atoms with Crippen molar-refractivity contribution in [3.63, 3.8) is 0 Å². The molecule has 2 heterocycles. The Labute approximate surface area is 163 Å². The zero-order valence-corrected chi connectivity index (χ0v) is 17.3. The first-order valence-corrected chi connectivity index (χ1v) is 10.0. The molecule has 2 unspecified atom stereocenters. The molecule has 2 atom stereocenters. The van der Waals surface area contributed by atoms with Crippen LogP contribution in [-0.4, -0.2) is 44.1 Å². The molecule has 9 heteroatoms. The summed E-state index contributed by atoms with van der Waals surface area (Å²) in [6.07, 6.45) is 3.67. The molecular weight excluding hydrogens is 364 g/mol. The van der Waals surface area contributed by atoms with Crippen LogP contribution in [0.3, 0.4) is 0 Å². The number of hydrogen-bond acceptors (Lipinski definition) is 6. The summed E-state index contributed by atoms with van der Waals surface area (Å²) in [5.41, 5.74) is 2.51. The molecule has 2 aromatic heterocycles. The minimum atomic E-state index is -0.461. The van der Waals surface area contributed by atoms with Gasteiger partial charge in [-0.1, -0.05) is 27.7 Å². The van der Waals surface area contributed by atoms with Crippen LogP contribution < -0.4 is 10.6 Å². The molecular formula is C18H28N6O2S. The summed E-state index contributed by atoms with van der Waals surface area (Å²) in [7, 11) is 0. The Morgan fingerprint density at radius 2 is 1.96 bits per heavy atom. The number of hydrogen-bond donors (Lipinski definition) is 2. The van der Waals surface area contributed by atoms with E-state index in [1.165, 1.54) is 28.7 Å². The van der Waals surface area contributed by atoms with Gasteiger partial charge < -0.3 is 10.6 Å². The SMILES string of the molecule is CC(C)CC(CNC(=O)C(C)n1cncn1)NC(=O)c1scnc1C(C)C. The van der Waals surface area contributed by atoms with Crippen LogP contribution in [0, 0.1) is 5.92 Å². The van der Waals surface area contributed by atoms with E-state index in [4.69, 9.17) is 0 Å². The monoisotopic (exact) mass is 392 g/mol. The first-order valence-electron chi connectivity index (χ1n) is 9.15. The topological polar surface area (TPSA) is 102 Å². The molecule has 0 aliphatic rings. The molecule has 0 radical (unpaired) electrons. The van der Waals surface area contributed by atoms with E-state index < -0.39 is 6.04 Å². The van der Waals surface area contributed by atoms with Gasteiger partial charge in [-0.15, -0.1) is 11.3 Å². The van der Waals surface area contributed by atoms with Gasteiger partial charge in [0.25, 0.3) is 5.91 Å². The number of aromatic nitrogens is 4. The van der Waals surface area contributed by atoms with Crippen LogP contribution in [0.2, 0.25) is 0 Å². The molecule has 8 nitrogen and oxygen atoms in total. The number of thiazole rings is 1. The smallest absolute Gasteiger partial charge is 0.263 e. The molecule has 0 aliphatic carbocycles. The Bertz CT molecular complexity index is 741. The third kappa shape index (κ3) is 5.85. The molecule has 0 saturated heterocycles. The second-order valence-corrected chi connectivity index (χ2v) is 8.17. The Kier molecular flexibility index (Phi) is 7.46. The lowest BCUT2D eigenvalue weighted by molar-refractivity contribution is -0.124. The van der Waals surface area contributed by atoms with Crippen molar-refractivity contribution in [1.82, 2.24) is 30.4 Å². The van der Waals surface area contributed by atoms with Crippen molar-refractivity contribution in [2.24, 2.45) is 5.92 Å². The lowest BCUT2D eigenvalue weighted by Gasteiger charge is -2.22. The van der Waals surface area contributed by atoms with E-state index in [-0.39, 0.29) is 23.8 Å². The van der Waals surface area contributed by atoms with Gasteiger partial charge in [0.2, 0.25) is 5.91 Å². The fraction of sp³-hybridized carbons (Fsp3) is 0.611. The predicted molar refractivity (Wildman–Crippen MR) is 105 cm³/mol. The maximum absolute atomic E-state index is 12.7. The van der Waals surface area contributed by atoms with Gasteiger partial charge in [-0.25, -0.2) is 14.6 Å². The quantitative estimate of drug-likeness (QED) is 0.682. The highest BCUT2D eigenvalue weighted by molar-refractivity contribution is 7.11. The zero-order chi connectivity index (χ0) is 20.0.